The van der Waals surface area contributed by atoms with E-state index in [1.54, 1.807) is 65.1 Å². The number of hydrogen-bond donors (Lipinski definition) is 3. The molecule has 0 aliphatic heterocycles. The van der Waals surface area contributed by atoms with Gasteiger partial charge in [-0.15, -0.1) is 0 Å². The topological polar surface area (TPSA) is 78.8 Å². The summed E-state index contributed by atoms with van der Waals surface area (Å²) < 4.78 is 5.57. The number of rotatable bonds is 6. The highest BCUT2D eigenvalue weighted by atomic mass is 16.5. The highest BCUT2D eigenvalue weighted by molar-refractivity contribution is 6.60. The summed E-state index contributed by atoms with van der Waals surface area (Å²) in [6, 6.07) is 6.99. The van der Waals surface area contributed by atoms with Crippen LogP contribution in [0.4, 0.5) is 0 Å². The van der Waals surface area contributed by atoms with Gasteiger partial charge in [-0.2, -0.15) is 0 Å². The van der Waals surface area contributed by atoms with E-state index in [4.69, 9.17) is 4.65 Å². The maximum atomic E-state index is 11.1. The Hall–Kier alpha value is -1.63. The number of benzene rings is 1. The van der Waals surface area contributed by atoms with Gasteiger partial charge in [-0.3, -0.25) is 4.79 Å². The fourth-order valence-electron chi connectivity index (χ4n) is 1.52. The summed E-state index contributed by atoms with van der Waals surface area (Å²) in [5, 5.41) is 22.7. The molecule has 0 aliphatic carbocycles. The first-order valence-corrected chi connectivity index (χ1v) is 7.15. The smallest absolute Gasteiger partial charge is 0.423 e. The number of nitrogens with one attached hydrogen (secondary N) is 1. The molecular formula is C16H24BNO4. The van der Waals surface area contributed by atoms with Crippen LogP contribution in [-0.4, -0.2) is 41.4 Å². The number of hydrogen-bond acceptors (Lipinski definition) is 4. The predicted octanol–water partition coefficient (Wildman–Crippen LogP) is 0.699. The van der Waals surface area contributed by atoms with E-state index in [9.17, 15) is 14.9 Å². The molecule has 6 heteroatoms. The van der Waals surface area contributed by atoms with Gasteiger partial charge in [0.2, 0.25) is 5.91 Å². The Morgan fingerprint density at radius 3 is 2.23 bits per heavy atom. The van der Waals surface area contributed by atoms with Crippen molar-refractivity contribution in [1.29, 1.82) is 0 Å². The lowest BCUT2D eigenvalue weighted by molar-refractivity contribution is -0.115. The van der Waals surface area contributed by atoms with Crippen molar-refractivity contribution >= 4 is 24.6 Å². The lowest BCUT2D eigenvalue weighted by atomic mass is 9.76. The number of likely N-dealkylation sites (N-methyl/N-ethyl adjacent to an activating group) is 1. The second kappa shape index (κ2) is 7.09. The van der Waals surface area contributed by atoms with Crippen LogP contribution < -0.4 is 10.8 Å². The van der Waals surface area contributed by atoms with Crippen molar-refractivity contribution in [1.82, 2.24) is 5.32 Å². The minimum Gasteiger partial charge on any atom is -0.423 e. The normalized spacial score (nSPS) is 12.5. The number of aliphatic hydroxyl groups is 1. The third kappa shape index (κ3) is 4.98. The molecule has 0 radical (unpaired) electrons. The molecular weight excluding hydrogens is 281 g/mol. The Morgan fingerprint density at radius 2 is 1.77 bits per heavy atom. The third-order valence-electron chi connectivity index (χ3n) is 3.77. The van der Waals surface area contributed by atoms with Crippen molar-refractivity contribution in [2.24, 2.45) is 0 Å². The second-order valence-corrected chi connectivity index (χ2v) is 6.15. The van der Waals surface area contributed by atoms with E-state index in [1.165, 1.54) is 6.08 Å². The molecule has 0 spiro atoms. The zero-order chi connectivity index (χ0) is 17.0. The van der Waals surface area contributed by atoms with E-state index in [2.05, 4.69) is 5.32 Å². The number of carbonyl (C=O) groups excluding carboxylic acids is 1. The minimum absolute atomic E-state index is 0.181. The molecule has 120 valence electrons. The van der Waals surface area contributed by atoms with Gasteiger partial charge in [0.1, 0.15) is 0 Å². The molecule has 0 atom stereocenters. The van der Waals surface area contributed by atoms with Crippen molar-refractivity contribution in [3.63, 3.8) is 0 Å². The van der Waals surface area contributed by atoms with Crippen LogP contribution in [0, 0.1) is 0 Å². The maximum Gasteiger partial charge on any atom is 0.491 e. The maximum absolute atomic E-state index is 11.1. The highest BCUT2D eigenvalue weighted by Crippen LogP contribution is 2.25. The van der Waals surface area contributed by atoms with Crippen LogP contribution in [0.3, 0.4) is 0 Å². The summed E-state index contributed by atoms with van der Waals surface area (Å²) in [4.78, 5) is 11.1. The Bertz CT molecular complexity index is 532. The summed E-state index contributed by atoms with van der Waals surface area (Å²) in [6.45, 7) is 6.70. The van der Waals surface area contributed by atoms with Crippen molar-refractivity contribution in [2.75, 3.05) is 7.05 Å². The fourth-order valence-corrected chi connectivity index (χ4v) is 1.52. The quantitative estimate of drug-likeness (QED) is 0.534. The second-order valence-electron chi connectivity index (χ2n) is 6.15. The van der Waals surface area contributed by atoms with E-state index in [1.807, 2.05) is 0 Å². The van der Waals surface area contributed by atoms with E-state index in [0.717, 1.165) is 5.56 Å². The molecule has 1 aromatic rings. The van der Waals surface area contributed by atoms with E-state index in [0.29, 0.717) is 5.46 Å². The van der Waals surface area contributed by atoms with Gasteiger partial charge in [0.25, 0.3) is 0 Å². The first kappa shape index (κ1) is 18.4. The van der Waals surface area contributed by atoms with Gasteiger partial charge in [-0.25, -0.2) is 0 Å². The van der Waals surface area contributed by atoms with Gasteiger partial charge < -0.3 is 20.1 Å². The van der Waals surface area contributed by atoms with Crippen molar-refractivity contribution in [3.05, 3.63) is 35.9 Å². The molecule has 0 bridgehead atoms. The Kier molecular flexibility index (Phi) is 5.94. The standard InChI is InChI=1S/C16H24BNO4/c1-15(2,20)16(3,4)22-17(21)13-9-6-12(7-10-13)8-11-14(19)18-5/h6-11,20-21H,1-5H3,(H,18,19). The predicted molar refractivity (Wildman–Crippen MR) is 88.6 cm³/mol. The lowest BCUT2D eigenvalue weighted by Gasteiger charge is -2.38. The molecule has 3 N–H and O–H groups in total. The third-order valence-corrected chi connectivity index (χ3v) is 3.77. The fraction of sp³-hybridized carbons (Fsp3) is 0.438. The van der Waals surface area contributed by atoms with Crippen LogP contribution in [0.1, 0.15) is 33.3 Å². The van der Waals surface area contributed by atoms with Gasteiger partial charge in [0, 0.05) is 13.1 Å². The van der Waals surface area contributed by atoms with Gasteiger partial charge in [-0.1, -0.05) is 24.3 Å². The van der Waals surface area contributed by atoms with Crippen LogP contribution in [-0.2, 0) is 9.45 Å². The van der Waals surface area contributed by atoms with E-state index < -0.39 is 18.3 Å². The first-order valence-electron chi connectivity index (χ1n) is 7.15. The highest BCUT2D eigenvalue weighted by Gasteiger charge is 2.39. The summed E-state index contributed by atoms with van der Waals surface area (Å²) in [5.74, 6) is -0.181. The van der Waals surface area contributed by atoms with Crippen LogP contribution in [0.5, 0.6) is 0 Å². The molecule has 0 heterocycles. The molecule has 0 saturated heterocycles. The summed E-state index contributed by atoms with van der Waals surface area (Å²) in [6.07, 6.45) is 3.11. The lowest BCUT2D eigenvalue weighted by Crippen LogP contribution is -2.53. The van der Waals surface area contributed by atoms with Crippen LogP contribution in [0.2, 0.25) is 0 Å². The number of amides is 1. The van der Waals surface area contributed by atoms with Crippen LogP contribution >= 0.6 is 0 Å². The Morgan fingerprint density at radius 1 is 1.23 bits per heavy atom. The monoisotopic (exact) mass is 305 g/mol. The van der Waals surface area contributed by atoms with Crippen LogP contribution in [0.25, 0.3) is 6.08 Å². The van der Waals surface area contributed by atoms with Crippen molar-refractivity contribution in [3.8, 4) is 0 Å². The Labute approximate surface area is 132 Å². The largest absolute Gasteiger partial charge is 0.491 e. The summed E-state index contributed by atoms with van der Waals surface area (Å²) in [5.41, 5.74) is -0.593. The average molecular weight is 305 g/mol. The molecule has 22 heavy (non-hydrogen) atoms. The van der Waals surface area contributed by atoms with E-state index >= 15 is 0 Å². The molecule has 0 aliphatic rings. The zero-order valence-electron chi connectivity index (χ0n) is 13.8. The average Bonchev–Trinajstić information content (AvgIpc) is 2.43. The van der Waals surface area contributed by atoms with E-state index in [-0.39, 0.29) is 5.91 Å². The SMILES string of the molecule is CNC(=O)C=Cc1ccc(B(O)OC(C)(C)C(C)(C)O)cc1. The summed E-state index contributed by atoms with van der Waals surface area (Å²) >= 11 is 0. The molecule has 0 aromatic heterocycles. The zero-order valence-corrected chi connectivity index (χ0v) is 13.8. The van der Waals surface area contributed by atoms with Gasteiger partial charge >= 0.3 is 7.12 Å². The Balaban J connectivity index is 2.78. The molecule has 5 nitrogen and oxygen atoms in total. The van der Waals surface area contributed by atoms with Crippen LogP contribution in [0.15, 0.2) is 30.3 Å². The van der Waals surface area contributed by atoms with Crippen molar-refractivity contribution in [2.45, 2.75) is 38.9 Å². The first-order chi connectivity index (χ1) is 10.1. The molecule has 1 rings (SSSR count). The molecule has 1 amide bonds. The van der Waals surface area contributed by atoms with Gasteiger partial charge in [0.15, 0.2) is 0 Å². The molecule has 0 unspecified atom stereocenters. The molecule has 0 fully saturated rings. The van der Waals surface area contributed by atoms with Gasteiger partial charge in [-0.05, 0) is 44.8 Å². The van der Waals surface area contributed by atoms with Gasteiger partial charge in [0.05, 0.1) is 11.2 Å². The molecule has 1 aromatic carbocycles. The minimum atomic E-state index is -1.14. The summed E-state index contributed by atoms with van der Waals surface area (Å²) in [7, 11) is 0.423. The number of carbonyl (C=O) groups is 1. The molecule has 0 saturated carbocycles. The van der Waals surface area contributed by atoms with Crippen molar-refractivity contribution < 1.29 is 19.6 Å².